The molecule has 1 aliphatic rings. The summed E-state index contributed by atoms with van der Waals surface area (Å²) < 4.78 is 0.201. The minimum absolute atomic E-state index is 0.0983. The van der Waals surface area contributed by atoms with Gasteiger partial charge in [-0.05, 0) is 6.92 Å². The zero-order chi connectivity index (χ0) is 11.1. The van der Waals surface area contributed by atoms with Gasteiger partial charge in [0.15, 0.2) is 5.69 Å². The van der Waals surface area contributed by atoms with E-state index in [2.05, 4.69) is 0 Å². The molecule has 1 atom stereocenters. The minimum atomic E-state index is 0.0983. The first-order valence-electron chi connectivity index (χ1n) is 4.96. The molecule has 0 radical (unpaired) electrons. The predicted molar refractivity (Wildman–Crippen MR) is 60.7 cm³/mol. The lowest BCUT2D eigenvalue weighted by molar-refractivity contribution is -0.130. The van der Waals surface area contributed by atoms with E-state index in [9.17, 15) is 4.79 Å². The van der Waals surface area contributed by atoms with Gasteiger partial charge in [0.05, 0.1) is 18.8 Å². The highest BCUT2D eigenvalue weighted by Gasteiger charge is 2.43. The van der Waals surface area contributed by atoms with Crippen molar-refractivity contribution >= 4 is 11.6 Å². The summed E-state index contributed by atoms with van der Waals surface area (Å²) in [5, 5.41) is 1.97. The first kappa shape index (κ1) is 9.93. The third-order valence-corrected chi connectivity index (χ3v) is 3.13. The standard InChI is InChI=1S/C12H15N2O/c1-10-9-12(15)14(3,13(10)2)11-7-5-4-6-8-11/h4-9H,1-3H3/q+1. The Morgan fingerprint density at radius 3 is 2.27 bits per heavy atom. The monoisotopic (exact) mass is 203 g/mol. The summed E-state index contributed by atoms with van der Waals surface area (Å²) in [5.74, 6) is 0.0983. The van der Waals surface area contributed by atoms with Crippen LogP contribution in [0.5, 0.6) is 0 Å². The predicted octanol–water partition coefficient (Wildman–Crippen LogP) is 1.91. The summed E-state index contributed by atoms with van der Waals surface area (Å²) in [6.07, 6.45) is 1.69. The fourth-order valence-corrected chi connectivity index (χ4v) is 1.88. The number of allylic oxidation sites excluding steroid dienone is 1. The second-order valence-electron chi connectivity index (χ2n) is 3.94. The summed E-state index contributed by atoms with van der Waals surface area (Å²) in [7, 11) is 3.84. The Hall–Kier alpha value is -1.61. The van der Waals surface area contributed by atoms with E-state index in [0.717, 1.165) is 11.4 Å². The van der Waals surface area contributed by atoms with Gasteiger partial charge in [-0.2, -0.15) is 0 Å². The highest BCUT2D eigenvalue weighted by molar-refractivity contribution is 5.98. The zero-order valence-corrected chi connectivity index (χ0v) is 9.27. The first-order valence-corrected chi connectivity index (χ1v) is 4.96. The van der Waals surface area contributed by atoms with Crippen LogP contribution in [-0.2, 0) is 4.79 Å². The Morgan fingerprint density at radius 2 is 1.80 bits per heavy atom. The maximum absolute atomic E-state index is 12.0. The van der Waals surface area contributed by atoms with Crippen molar-refractivity contribution < 1.29 is 4.79 Å². The van der Waals surface area contributed by atoms with Crippen LogP contribution in [0.3, 0.4) is 0 Å². The number of rotatable bonds is 1. The van der Waals surface area contributed by atoms with Crippen molar-refractivity contribution in [3.63, 3.8) is 0 Å². The average Bonchev–Trinajstić information content (AvgIpc) is 2.45. The molecular weight excluding hydrogens is 188 g/mol. The third kappa shape index (κ3) is 1.27. The van der Waals surface area contributed by atoms with Crippen molar-refractivity contribution in [2.24, 2.45) is 0 Å². The highest BCUT2D eigenvalue weighted by atomic mass is 16.2. The summed E-state index contributed by atoms with van der Waals surface area (Å²) >= 11 is 0. The number of para-hydroxylation sites is 1. The Kier molecular flexibility index (Phi) is 2.12. The van der Waals surface area contributed by atoms with Crippen LogP contribution in [-0.4, -0.2) is 25.0 Å². The van der Waals surface area contributed by atoms with Gasteiger partial charge in [0.1, 0.15) is 7.05 Å². The van der Waals surface area contributed by atoms with Gasteiger partial charge in [-0.1, -0.05) is 18.2 Å². The number of quaternary nitrogens is 1. The maximum Gasteiger partial charge on any atom is 0.369 e. The average molecular weight is 203 g/mol. The number of benzene rings is 1. The molecule has 3 nitrogen and oxygen atoms in total. The molecule has 0 saturated carbocycles. The van der Waals surface area contributed by atoms with Gasteiger partial charge in [0, 0.05) is 12.1 Å². The fourth-order valence-electron chi connectivity index (χ4n) is 1.88. The van der Waals surface area contributed by atoms with Crippen LogP contribution in [0, 0.1) is 0 Å². The van der Waals surface area contributed by atoms with Gasteiger partial charge >= 0.3 is 5.91 Å². The molecule has 0 N–H and O–H groups in total. The molecule has 1 unspecified atom stereocenters. The zero-order valence-electron chi connectivity index (χ0n) is 9.27. The molecule has 15 heavy (non-hydrogen) atoms. The number of nitrogens with zero attached hydrogens (tertiary/aromatic N) is 2. The van der Waals surface area contributed by atoms with Crippen molar-refractivity contribution in [2.45, 2.75) is 6.92 Å². The van der Waals surface area contributed by atoms with Crippen molar-refractivity contribution in [3.05, 3.63) is 42.1 Å². The van der Waals surface area contributed by atoms with Crippen LogP contribution in [0.2, 0.25) is 0 Å². The highest BCUT2D eigenvalue weighted by Crippen LogP contribution is 2.30. The molecular formula is C12H15N2O+. The molecule has 1 aromatic carbocycles. The van der Waals surface area contributed by atoms with Gasteiger partial charge in [-0.25, -0.2) is 9.80 Å². The van der Waals surface area contributed by atoms with Crippen molar-refractivity contribution in [2.75, 3.05) is 14.1 Å². The molecule has 1 amide bonds. The second kappa shape index (κ2) is 3.21. The molecule has 1 heterocycles. The van der Waals surface area contributed by atoms with Gasteiger partial charge in [0.25, 0.3) is 0 Å². The molecule has 2 rings (SSSR count). The molecule has 0 saturated heterocycles. The number of likely N-dealkylation sites (N-methyl/N-ethyl adjacent to an activating group) is 1. The molecule has 78 valence electrons. The van der Waals surface area contributed by atoms with E-state index in [0.29, 0.717) is 0 Å². The van der Waals surface area contributed by atoms with Crippen LogP contribution in [0.4, 0.5) is 5.69 Å². The molecule has 0 bridgehead atoms. The normalized spacial score (nSPS) is 25.7. The third-order valence-electron chi connectivity index (χ3n) is 3.13. The molecule has 0 fully saturated rings. The number of hydrogen-bond donors (Lipinski definition) is 0. The van der Waals surface area contributed by atoms with E-state index in [1.807, 2.05) is 56.4 Å². The number of carbonyl (C=O) groups excluding carboxylic acids is 1. The first-order chi connectivity index (χ1) is 7.06. The van der Waals surface area contributed by atoms with Crippen molar-refractivity contribution in [3.8, 4) is 0 Å². The summed E-state index contributed by atoms with van der Waals surface area (Å²) in [4.78, 5) is 12.0. The summed E-state index contributed by atoms with van der Waals surface area (Å²) in [6, 6.07) is 9.80. The number of carbonyl (C=O) groups is 1. The molecule has 0 spiro atoms. The van der Waals surface area contributed by atoms with E-state index in [4.69, 9.17) is 0 Å². The van der Waals surface area contributed by atoms with E-state index in [1.54, 1.807) is 6.08 Å². The maximum atomic E-state index is 12.0. The number of amides is 1. The van der Waals surface area contributed by atoms with E-state index in [1.165, 1.54) is 0 Å². The van der Waals surface area contributed by atoms with Gasteiger partial charge < -0.3 is 0 Å². The fraction of sp³-hybridized carbons (Fsp3) is 0.250. The van der Waals surface area contributed by atoms with Crippen LogP contribution >= 0.6 is 0 Å². The molecule has 0 aliphatic carbocycles. The second-order valence-corrected chi connectivity index (χ2v) is 3.94. The SMILES string of the molecule is CC1=CC(=O)[N+](C)(c2ccccc2)N1C. The lowest BCUT2D eigenvalue weighted by Gasteiger charge is -2.34. The van der Waals surface area contributed by atoms with Crippen LogP contribution < -0.4 is 4.59 Å². The van der Waals surface area contributed by atoms with Gasteiger partial charge in [-0.15, -0.1) is 4.59 Å². The Bertz CT molecular complexity index is 425. The van der Waals surface area contributed by atoms with E-state index in [-0.39, 0.29) is 10.5 Å². The molecule has 1 aromatic rings. The molecule has 1 aliphatic heterocycles. The van der Waals surface area contributed by atoms with Crippen LogP contribution in [0.1, 0.15) is 6.92 Å². The Labute approximate surface area is 89.8 Å². The van der Waals surface area contributed by atoms with Crippen LogP contribution in [0.25, 0.3) is 0 Å². The van der Waals surface area contributed by atoms with Gasteiger partial charge in [0.2, 0.25) is 0 Å². The topological polar surface area (TPSA) is 20.3 Å². The minimum Gasteiger partial charge on any atom is -0.223 e. The Morgan fingerprint density at radius 1 is 1.20 bits per heavy atom. The van der Waals surface area contributed by atoms with Crippen LogP contribution in [0.15, 0.2) is 42.1 Å². The lowest BCUT2D eigenvalue weighted by Crippen LogP contribution is -2.55. The smallest absolute Gasteiger partial charge is 0.223 e. The van der Waals surface area contributed by atoms with Gasteiger partial charge in [-0.3, -0.25) is 0 Å². The summed E-state index contributed by atoms with van der Waals surface area (Å²) in [6.45, 7) is 1.95. The number of hydrogen-bond acceptors (Lipinski definition) is 2. The Balaban J connectivity index is 2.50. The molecule has 3 heteroatoms. The van der Waals surface area contributed by atoms with E-state index >= 15 is 0 Å². The largest absolute Gasteiger partial charge is 0.369 e. The summed E-state index contributed by atoms with van der Waals surface area (Å²) in [5.41, 5.74) is 1.98. The quantitative estimate of drug-likeness (QED) is 0.650. The lowest BCUT2D eigenvalue weighted by atomic mass is 10.3. The molecule has 0 aromatic heterocycles. The van der Waals surface area contributed by atoms with Crippen molar-refractivity contribution in [1.82, 2.24) is 9.60 Å². The van der Waals surface area contributed by atoms with E-state index < -0.39 is 0 Å². The van der Waals surface area contributed by atoms with Crippen molar-refractivity contribution in [1.29, 1.82) is 0 Å².